The van der Waals surface area contributed by atoms with Crippen molar-refractivity contribution in [3.8, 4) is 0 Å². The number of nitrogens with zero attached hydrogens (tertiary/aromatic N) is 1. The Balaban J connectivity index is 1.31. The Bertz CT molecular complexity index is 935. The third-order valence-electron chi connectivity index (χ3n) is 5.70. The summed E-state index contributed by atoms with van der Waals surface area (Å²) in [6, 6.07) is 14.0. The van der Waals surface area contributed by atoms with Gasteiger partial charge in [-0.1, -0.05) is 30.2 Å². The molecule has 2 unspecified atom stereocenters. The molecule has 0 saturated carbocycles. The molecule has 2 amide bonds. The number of likely N-dealkylation sites (tertiary alicyclic amines) is 1. The van der Waals surface area contributed by atoms with Gasteiger partial charge in [-0.3, -0.25) is 14.5 Å². The number of piperidine rings is 1. The summed E-state index contributed by atoms with van der Waals surface area (Å²) in [5.41, 5.74) is 2.70. The first-order chi connectivity index (χ1) is 14.5. The van der Waals surface area contributed by atoms with Gasteiger partial charge in [0.05, 0.1) is 10.9 Å². The molecular weight excluding hydrogens is 418 g/mol. The molecule has 0 bridgehead atoms. The lowest BCUT2D eigenvalue weighted by Gasteiger charge is -2.33. The SMILES string of the molecule is CC1CCCCN1Cc1ccc(NC(=O)CC2Sc3ccc(Cl)cc3NC2=O)cc1. The maximum absolute atomic E-state index is 12.5. The summed E-state index contributed by atoms with van der Waals surface area (Å²) < 4.78 is 0. The Labute approximate surface area is 186 Å². The van der Waals surface area contributed by atoms with E-state index in [-0.39, 0.29) is 18.2 Å². The number of nitrogens with one attached hydrogen (secondary N) is 2. The van der Waals surface area contributed by atoms with E-state index in [1.165, 1.54) is 36.6 Å². The number of rotatable bonds is 5. The Hall–Kier alpha value is -2.02. The monoisotopic (exact) mass is 443 g/mol. The number of carbonyl (C=O) groups is 2. The van der Waals surface area contributed by atoms with Gasteiger partial charge in [0.25, 0.3) is 0 Å². The molecule has 0 aromatic heterocycles. The number of hydrogen-bond donors (Lipinski definition) is 2. The molecule has 2 aliphatic rings. The van der Waals surface area contributed by atoms with Gasteiger partial charge in [-0.15, -0.1) is 11.8 Å². The average molecular weight is 444 g/mol. The van der Waals surface area contributed by atoms with Crippen molar-refractivity contribution in [1.29, 1.82) is 0 Å². The van der Waals surface area contributed by atoms with Crippen molar-refractivity contribution in [1.82, 2.24) is 4.90 Å². The maximum Gasteiger partial charge on any atom is 0.238 e. The van der Waals surface area contributed by atoms with Crippen LogP contribution >= 0.6 is 23.4 Å². The molecule has 2 N–H and O–H groups in total. The molecule has 2 aliphatic heterocycles. The first-order valence-electron chi connectivity index (χ1n) is 10.4. The number of thioether (sulfide) groups is 1. The van der Waals surface area contributed by atoms with Crippen LogP contribution in [0.2, 0.25) is 5.02 Å². The van der Waals surface area contributed by atoms with E-state index < -0.39 is 5.25 Å². The molecule has 0 aliphatic carbocycles. The molecule has 4 rings (SSSR count). The van der Waals surface area contributed by atoms with Crippen LogP contribution in [0.3, 0.4) is 0 Å². The number of anilines is 2. The minimum Gasteiger partial charge on any atom is -0.326 e. The Morgan fingerprint density at radius 2 is 2.03 bits per heavy atom. The number of amides is 2. The minimum atomic E-state index is -0.460. The number of benzene rings is 2. The van der Waals surface area contributed by atoms with Gasteiger partial charge in [-0.25, -0.2) is 0 Å². The summed E-state index contributed by atoms with van der Waals surface area (Å²) in [5, 5.41) is 5.87. The van der Waals surface area contributed by atoms with Gasteiger partial charge in [-0.05, 0) is 62.2 Å². The van der Waals surface area contributed by atoms with Crippen LogP contribution in [0.4, 0.5) is 11.4 Å². The van der Waals surface area contributed by atoms with Crippen molar-refractivity contribution in [3.63, 3.8) is 0 Å². The minimum absolute atomic E-state index is 0.117. The fraction of sp³-hybridized carbons (Fsp3) is 0.391. The molecule has 5 nitrogen and oxygen atoms in total. The second kappa shape index (κ2) is 9.41. The van der Waals surface area contributed by atoms with Crippen LogP contribution in [0.5, 0.6) is 0 Å². The Kier molecular flexibility index (Phi) is 6.66. The second-order valence-electron chi connectivity index (χ2n) is 8.00. The van der Waals surface area contributed by atoms with Crippen molar-refractivity contribution >= 4 is 46.6 Å². The molecule has 2 atom stereocenters. The summed E-state index contributed by atoms with van der Waals surface area (Å²) in [5.74, 6) is -0.339. The van der Waals surface area contributed by atoms with Crippen LogP contribution in [0.25, 0.3) is 0 Å². The molecule has 2 aromatic carbocycles. The fourth-order valence-corrected chi connectivity index (χ4v) is 5.22. The molecule has 2 heterocycles. The van der Waals surface area contributed by atoms with Crippen LogP contribution in [-0.4, -0.2) is 34.6 Å². The van der Waals surface area contributed by atoms with E-state index in [4.69, 9.17) is 11.6 Å². The highest BCUT2D eigenvalue weighted by atomic mass is 35.5. The zero-order valence-electron chi connectivity index (χ0n) is 17.0. The molecule has 1 saturated heterocycles. The normalized spacial score (nSPS) is 21.6. The zero-order valence-corrected chi connectivity index (χ0v) is 18.6. The molecule has 0 spiro atoms. The van der Waals surface area contributed by atoms with Crippen molar-refractivity contribution in [2.45, 2.75) is 55.3 Å². The first-order valence-corrected chi connectivity index (χ1v) is 11.6. The smallest absolute Gasteiger partial charge is 0.238 e. The third kappa shape index (κ3) is 5.17. The van der Waals surface area contributed by atoms with E-state index in [2.05, 4.69) is 34.6 Å². The quantitative estimate of drug-likeness (QED) is 0.670. The summed E-state index contributed by atoms with van der Waals surface area (Å²) in [7, 11) is 0. The van der Waals surface area contributed by atoms with Crippen molar-refractivity contribution in [3.05, 3.63) is 53.1 Å². The second-order valence-corrected chi connectivity index (χ2v) is 9.68. The standard InChI is InChI=1S/C23H26ClN3O2S/c1-15-4-2-3-11-27(15)14-16-5-8-18(9-6-16)25-22(28)13-21-23(29)26-19-12-17(24)7-10-20(19)30-21/h5-10,12,15,21H,2-4,11,13-14H2,1H3,(H,25,28)(H,26,29). The van der Waals surface area contributed by atoms with E-state index in [0.717, 1.165) is 23.7 Å². The lowest BCUT2D eigenvalue weighted by molar-refractivity contribution is -0.120. The fourth-order valence-electron chi connectivity index (χ4n) is 3.96. The first kappa shape index (κ1) is 21.2. The van der Waals surface area contributed by atoms with Crippen LogP contribution in [0.1, 0.15) is 38.2 Å². The van der Waals surface area contributed by atoms with Crippen LogP contribution < -0.4 is 10.6 Å². The average Bonchev–Trinajstić information content (AvgIpc) is 2.72. The predicted molar refractivity (Wildman–Crippen MR) is 123 cm³/mol. The van der Waals surface area contributed by atoms with E-state index in [0.29, 0.717) is 16.8 Å². The lowest BCUT2D eigenvalue weighted by atomic mass is 10.0. The van der Waals surface area contributed by atoms with Gasteiger partial charge in [0.1, 0.15) is 0 Å². The zero-order chi connectivity index (χ0) is 21.1. The summed E-state index contributed by atoms with van der Waals surface area (Å²) >= 11 is 7.38. The van der Waals surface area contributed by atoms with Gasteiger partial charge in [0, 0.05) is 34.6 Å². The highest BCUT2D eigenvalue weighted by Crippen LogP contribution is 2.38. The predicted octanol–water partition coefficient (Wildman–Crippen LogP) is 5.16. The topological polar surface area (TPSA) is 61.4 Å². The number of carbonyl (C=O) groups excluding carboxylic acids is 2. The molecule has 7 heteroatoms. The Morgan fingerprint density at radius 3 is 2.80 bits per heavy atom. The van der Waals surface area contributed by atoms with Gasteiger partial charge in [0.15, 0.2) is 0 Å². The molecule has 30 heavy (non-hydrogen) atoms. The molecular formula is C23H26ClN3O2S. The molecule has 1 fully saturated rings. The van der Waals surface area contributed by atoms with E-state index in [9.17, 15) is 9.59 Å². The largest absolute Gasteiger partial charge is 0.326 e. The van der Waals surface area contributed by atoms with E-state index in [1.54, 1.807) is 12.1 Å². The number of halogens is 1. The van der Waals surface area contributed by atoms with Gasteiger partial charge in [0.2, 0.25) is 11.8 Å². The third-order valence-corrected chi connectivity index (χ3v) is 7.21. The molecule has 158 valence electrons. The highest BCUT2D eigenvalue weighted by Gasteiger charge is 2.29. The molecule has 2 aromatic rings. The van der Waals surface area contributed by atoms with Gasteiger partial charge >= 0.3 is 0 Å². The van der Waals surface area contributed by atoms with Crippen LogP contribution in [0.15, 0.2) is 47.4 Å². The van der Waals surface area contributed by atoms with E-state index >= 15 is 0 Å². The number of hydrogen-bond acceptors (Lipinski definition) is 4. The van der Waals surface area contributed by atoms with Crippen LogP contribution in [0, 0.1) is 0 Å². The van der Waals surface area contributed by atoms with Crippen LogP contribution in [-0.2, 0) is 16.1 Å². The van der Waals surface area contributed by atoms with Crippen molar-refractivity contribution < 1.29 is 9.59 Å². The maximum atomic E-state index is 12.5. The van der Waals surface area contributed by atoms with Gasteiger partial charge < -0.3 is 10.6 Å². The van der Waals surface area contributed by atoms with Crippen molar-refractivity contribution in [2.75, 3.05) is 17.2 Å². The summed E-state index contributed by atoms with van der Waals surface area (Å²) in [6.07, 6.45) is 3.96. The summed E-state index contributed by atoms with van der Waals surface area (Å²) in [4.78, 5) is 28.3. The summed E-state index contributed by atoms with van der Waals surface area (Å²) in [6.45, 7) is 4.38. The molecule has 0 radical (unpaired) electrons. The van der Waals surface area contributed by atoms with Crippen molar-refractivity contribution in [2.24, 2.45) is 0 Å². The Morgan fingerprint density at radius 1 is 1.23 bits per heavy atom. The highest BCUT2D eigenvalue weighted by molar-refractivity contribution is 8.01. The lowest BCUT2D eigenvalue weighted by Crippen LogP contribution is -2.36. The van der Waals surface area contributed by atoms with E-state index in [1.807, 2.05) is 18.2 Å². The number of fused-ring (bicyclic) bond motifs is 1. The van der Waals surface area contributed by atoms with Gasteiger partial charge in [-0.2, -0.15) is 0 Å².